The van der Waals surface area contributed by atoms with Crippen LogP contribution in [0.5, 0.6) is 0 Å². The average molecular weight is 248 g/mol. The molecular formula is C15H24N2O. The van der Waals surface area contributed by atoms with Gasteiger partial charge in [-0.1, -0.05) is 25.7 Å². The molecule has 1 aliphatic rings. The monoisotopic (exact) mass is 248 g/mol. The number of aromatic nitrogens is 1. The lowest BCUT2D eigenvalue weighted by atomic mass is 10.00. The molecule has 1 heterocycles. The van der Waals surface area contributed by atoms with Crippen LogP contribution in [-0.2, 0) is 6.54 Å². The Hall–Kier alpha value is -0.930. The standard InChI is InChI=1S/C15H24N2O/c1-12-6-7-16-9-14(12)10-17-11-15(18)8-13-4-2-3-5-13/h6-7,9,13,15,17-18H,2-5,8,10-11H2,1H3. The van der Waals surface area contributed by atoms with Crippen molar-refractivity contribution in [2.24, 2.45) is 5.92 Å². The largest absolute Gasteiger partial charge is 0.392 e. The van der Waals surface area contributed by atoms with Crippen molar-refractivity contribution in [2.45, 2.75) is 51.7 Å². The van der Waals surface area contributed by atoms with Crippen molar-refractivity contribution in [3.63, 3.8) is 0 Å². The molecule has 0 aromatic carbocycles. The van der Waals surface area contributed by atoms with E-state index in [0.29, 0.717) is 6.54 Å². The van der Waals surface area contributed by atoms with Gasteiger partial charge in [0.25, 0.3) is 0 Å². The van der Waals surface area contributed by atoms with Crippen LogP contribution >= 0.6 is 0 Å². The van der Waals surface area contributed by atoms with Gasteiger partial charge in [0, 0.05) is 25.5 Å². The predicted octanol–water partition coefficient (Wildman–Crippen LogP) is 2.42. The molecule has 18 heavy (non-hydrogen) atoms. The van der Waals surface area contributed by atoms with Crippen LogP contribution in [0.2, 0.25) is 0 Å². The Bertz CT molecular complexity index is 361. The maximum atomic E-state index is 9.98. The average Bonchev–Trinajstić information content (AvgIpc) is 2.84. The van der Waals surface area contributed by atoms with Crippen LogP contribution in [0, 0.1) is 12.8 Å². The minimum atomic E-state index is -0.204. The van der Waals surface area contributed by atoms with Crippen molar-refractivity contribution >= 4 is 0 Å². The highest BCUT2D eigenvalue weighted by atomic mass is 16.3. The summed E-state index contributed by atoms with van der Waals surface area (Å²) in [5, 5.41) is 13.3. The summed E-state index contributed by atoms with van der Waals surface area (Å²) in [5.41, 5.74) is 2.47. The zero-order valence-corrected chi connectivity index (χ0v) is 11.2. The van der Waals surface area contributed by atoms with E-state index in [4.69, 9.17) is 0 Å². The molecule has 3 nitrogen and oxygen atoms in total. The van der Waals surface area contributed by atoms with Gasteiger partial charge in [-0.15, -0.1) is 0 Å². The van der Waals surface area contributed by atoms with Crippen LogP contribution in [0.25, 0.3) is 0 Å². The summed E-state index contributed by atoms with van der Waals surface area (Å²) < 4.78 is 0. The second-order valence-corrected chi connectivity index (χ2v) is 5.47. The summed E-state index contributed by atoms with van der Waals surface area (Å²) in [5.74, 6) is 0.752. The summed E-state index contributed by atoms with van der Waals surface area (Å²) >= 11 is 0. The Balaban J connectivity index is 1.67. The van der Waals surface area contributed by atoms with Gasteiger partial charge in [0.05, 0.1) is 6.10 Å². The molecule has 3 heteroatoms. The molecule has 0 amide bonds. The first kappa shape index (κ1) is 13.5. The number of aryl methyl sites for hydroxylation is 1. The van der Waals surface area contributed by atoms with E-state index < -0.39 is 0 Å². The van der Waals surface area contributed by atoms with Crippen LogP contribution in [0.3, 0.4) is 0 Å². The molecule has 0 saturated heterocycles. The fourth-order valence-electron chi connectivity index (χ4n) is 2.77. The van der Waals surface area contributed by atoms with Gasteiger partial charge in [-0.3, -0.25) is 4.98 Å². The van der Waals surface area contributed by atoms with Crippen LogP contribution in [0.1, 0.15) is 43.2 Å². The lowest BCUT2D eigenvalue weighted by Crippen LogP contribution is -2.28. The van der Waals surface area contributed by atoms with Crippen molar-refractivity contribution in [2.75, 3.05) is 6.54 Å². The number of aliphatic hydroxyl groups is 1. The molecular weight excluding hydrogens is 224 g/mol. The molecule has 1 aliphatic carbocycles. The SMILES string of the molecule is Cc1ccncc1CNCC(O)CC1CCCC1. The van der Waals surface area contributed by atoms with Crippen molar-refractivity contribution in [3.05, 3.63) is 29.6 Å². The number of aliphatic hydroxyl groups excluding tert-OH is 1. The second-order valence-electron chi connectivity index (χ2n) is 5.47. The van der Waals surface area contributed by atoms with Crippen molar-refractivity contribution in [1.82, 2.24) is 10.3 Å². The molecule has 1 aromatic heterocycles. The second kappa shape index (κ2) is 6.86. The molecule has 0 radical (unpaired) electrons. The molecule has 1 aromatic rings. The van der Waals surface area contributed by atoms with Crippen LogP contribution in [0.15, 0.2) is 18.5 Å². The van der Waals surface area contributed by atoms with Gasteiger partial charge in [0.1, 0.15) is 0 Å². The Kier molecular flexibility index (Phi) is 5.14. The number of pyridine rings is 1. The molecule has 2 rings (SSSR count). The third kappa shape index (κ3) is 4.07. The molecule has 1 unspecified atom stereocenters. The van der Waals surface area contributed by atoms with E-state index in [9.17, 15) is 5.11 Å². The number of nitrogens with one attached hydrogen (secondary N) is 1. The maximum absolute atomic E-state index is 9.98. The van der Waals surface area contributed by atoms with E-state index in [2.05, 4.69) is 17.2 Å². The fourth-order valence-corrected chi connectivity index (χ4v) is 2.77. The lowest BCUT2D eigenvalue weighted by Gasteiger charge is -2.16. The Labute approximate surface area is 110 Å². The fraction of sp³-hybridized carbons (Fsp3) is 0.667. The predicted molar refractivity (Wildman–Crippen MR) is 73.3 cm³/mol. The van der Waals surface area contributed by atoms with E-state index in [1.807, 2.05) is 18.5 Å². The molecule has 0 bridgehead atoms. The molecule has 2 N–H and O–H groups in total. The minimum absolute atomic E-state index is 0.204. The van der Waals surface area contributed by atoms with Gasteiger partial charge in [0.2, 0.25) is 0 Å². The van der Waals surface area contributed by atoms with Crippen LogP contribution in [0.4, 0.5) is 0 Å². The highest BCUT2D eigenvalue weighted by molar-refractivity contribution is 5.20. The van der Waals surface area contributed by atoms with E-state index >= 15 is 0 Å². The Morgan fingerprint density at radius 1 is 1.44 bits per heavy atom. The first-order valence-electron chi connectivity index (χ1n) is 7.04. The quantitative estimate of drug-likeness (QED) is 0.812. The van der Waals surface area contributed by atoms with E-state index in [0.717, 1.165) is 18.9 Å². The Morgan fingerprint density at radius 3 is 2.94 bits per heavy atom. The highest BCUT2D eigenvalue weighted by Gasteiger charge is 2.18. The molecule has 1 atom stereocenters. The van der Waals surface area contributed by atoms with E-state index in [1.54, 1.807) is 0 Å². The summed E-state index contributed by atoms with van der Waals surface area (Å²) in [6.45, 7) is 3.57. The molecule has 1 saturated carbocycles. The van der Waals surface area contributed by atoms with E-state index in [1.165, 1.54) is 36.8 Å². The summed E-state index contributed by atoms with van der Waals surface area (Å²) in [6, 6.07) is 2.02. The number of rotatable bonds is 6. The highest BCUT2D eigenvalue weighted by Crippen LogP contribution is 2.28. The smallest absolute Gasteiger partial charge is 0.0667 e. The summed E-state index contributed by atoms with van der Waals surface area (Å²) in [7, 11) is 0. The minimum Gasteiger partial charge on any atom is -0.392 e. The lowest BCUT2D eigenvalue weighted by molar-refractivity contribution is 0.140. The molecule has 100 valence electrons. The number of hydrogen-bond donors (Lipinski definition) is 2. The first-order chi connectivity index (χ1) is 8.75. The number of hydrogen-bond acceptors (Lipinski definition) is 3. The maximum Gasteiger partial charge on any atom is 0.0667 e. The first-order valence-corrected chi connectivity index (χ1v) is 7.04. The zero-order chi connectivity index (χ0) is 12.8. The normalized spacial score (nSPS) is 18.1. The van der Waals surface area contributed by atoms with E-state index in [-0.39, 0.29) is 6.10 Å². The van der Waals surface area contributed by atoms with Crippen molar-refractivity contribution < 1.29 is 5.11 Å². The zero-order valence-electron chi connectivity index (χ0n) is 11.2. The van der Waals surface area contributed by atoms with Gasteiger partial charge in [-0.2, -0.15) is 0 Å². The molecule has 0 aliphatic heterocycles. The van der Waals surface area contributed by atoms with Gasteiger partial charge >= 0.3 is 0 Å². The number of nitrogens with zero attached hydrogens (tertiary/aromatic N) is 1. The molecule has 1 fully saturated rings. The summed E-state index contributed by atoms with van der Waals surface area (Å²) in [4.78, 5) is 4.12. The third-order valence-corrected chi connectivity index (χ3v) is 3.92. The topological polar surface area (TPSA) is 45.2 Å². The van der Waals surface area contributed by atoms with Crippen molar-refractivity contribution in [3.8, 4) is 0 Å². The van der Waals surface area contributed by atoms with Gasteiger partial charge < -0.3 is 10.4 Å². The Morgan fingerprint density at radius 2 is 2.22 bits per heavy atom. The van der Waals surface area contributed by atoms with Gasteiger partial charge in [-0.25, -0.2) is 0 Å². The van der Waals surface area contributed by atoms with Gasteiger partial charge in [-0.05, 0) is 36.5 Å². The van der Waals surface area contributed by atoms with Gasteiger partial charge in [0.15, 0.2) is 0 Å². The van der Waals surface area contributed by atoms with Crippen molar-refractivity contribution in [1.29, 1.82) is 0 Å². The third-order valence-electron chi connectivity index (χ3n) is 3.92. The summed E-state index contributed by atoms with van der Waals surface area (Å²) in [6.07, 6.45) is 9.76. The molecule has 0 spiro atoms. The van der Waals surface area contributed by atoms with Crippen LogP contribution in [-0.4, -0.2) is 22.7 Å². The van der Waals surface area contributed by atoms with Crippen LogP contribution < -0.4 is 5.32 Å².